The molecule has 0 aliphatic heterocycles. The summed E-state index contributed by atoms with van der Waals surface area (Å²) in [6, 6.07) is 7.57. The minimum Gasteiger partial charge on any atom is -0.496 e. The van der Waals surface area contributed by atoms with Crippen LogP contribution >= 0.6 is 15.9 Å². The lowest BCUT2D eigenvalue weighted by molar-refractivity contribution is 0.103. The Morgan fingerprint density at radius 2 is 1.95 bits per heavy atom. The van der Waals surface area contributed by atoms with Crippen LogP contribution in [0.25, 0.3) is 0 Å². The van der Waals surface area contributed by atoms with E-state index in [2.05, 4.69) is 15.9 Å². The van der Waals surface area contributed by atoms with E-state index in [-0.39, 0.29) is 5.78 Å². The van der Waals surface area contributed by atoms with Gasteiger partial charge in [0.05, 0.1) is 12.7 Å². The number of hydrogen-bond donors (Lipinski definition) is 0. The monoisotopic (exact) mass is 336 g/mol. The summed E-state index contributed by atoms with van der Waals surface area (Å²) < 4.78 is 19.5. The highest BCUT2D eigenvalue weighted by Crippen LogP contribution is 2.33. The van der Waals surface area contributed by atoms with Crippen molar-refractivity contribution in [2.24, 2.45) is 0 Å². The molecule has 4 heteroatoms. The Kier molecular flexibility index (Phi) is 4.23. The summed E-state index contributed by atoms with van der Waals surface area (Å²) in [5.41, 5.74) is 2.40. The molecule has 2 aromatic carbocycles. The molecule has 0 saturated heterocycles. The van der Waals surface area contributed by atoms with Gasteiger partial charge in [-0.3, -0.25) is 4.79 Å². The summed E-state index contributed by atoms with van der Waals surface area (Å²) in [5, 5.41) is 0. The third kappa shape index (κ3) is 2.61. The molecule has 104 valence electrons. The predicted molar refractivity (Wildman–Crippen MR) is 80.0 cm³/mol. The first-order valence-electron chi connectivity index (χ1n) is 6.09. The first-order chi connectivity index (χ1) is 9.45. The molecule has 2 rings (SSSR count). The number of ether oxygens (including phenoxy) is 1. The van der Waals surface area contributed by atoms with Crippen molar-refractivity contribution in [1.82, 2.24) is 0 Å². The Labute approximate surface area is 125 Å². The Bertz CT molecular complexity index is 680. The molecule has 0 heterocycles. The Morgan fingerprint density at radius 3 is 2.55 bits per heavy atom. The fourth-order valence-electron chi connectivity index (χ4n) is 2.16. The molecule has 0 atom stereocenters. The molecule has 0 aliphatic rings. The molecule has 2 aromatic rings. The number of ketones is 1. The average Bonchev–Trinajstić information content (AvgIpc) is 2.41. The summed E-state index contributed by atoms with van der Waals surface area (Å²) in [5.74, 6) is -0.151. The zero-order chi connectivity index (χ0) is 14.9. The average molecular weight is 337 g/mol. The van der Waals surface area contributed by atoms with Crippen molar-refractivity contribution in [2.75, 3.05) is 7.11 Å². The first-order valence-corrected chi connectivity index (χ1v) is 6.89. The maximum Gasteiger partial charge on any atom is 0.197 e. The third-order valence-corrected chi connectivity index (χ3v) is 4.00. The second kappa shape index (κ2) is 5.75. The number of rotatable bonds is 3. The molecule has 0 N–H and O–H groups in total. The van der Waals surface area contributed by atoms with Crippen LogP contribution < -0.4 is 4.74 Å². The number of aryl methyl sites for hydroxylation is 1. The molecule has 20 heavy (non-hydrogen) atoms. The minimum atomic E-state index is -0.431. The topological polar surface area (TPSA) is 26.3 Å². The van der Waals surface area contributed by atoms with Crippen LogP contribution in [0.4, 0.5) is 4.39 Å². The molecule has 0 fully saturated rings. The fraction of sp³-hybridized carbons (Fsp3) is 0.188. The lowest BCUT2D eigenvalue weighted by atomic mass is 9.96. The number of carbonyl (C=O) groups is 1. The Morgan fingerprint density at radius 1 is 1.25 bits per heavy atom. The second-order valence-electron chi connectivity index (χ2n) is 4.55. The standard InChI is InChI=1S/C16H14BrFO2/c1-9-7-13(17)10(2)14(16(9)20-3)15(19)11-5-4-6-12(18)8-11/h4-8H,1-3H3. The van der Waals surface area contributed by atoms with E-state index in [1.165, 1.54) is 25.3 Å². The second-order valence-corrected chi connectivity index (χ2v) is 5.40. The smallest absolute Gasteiger partial charge is 0.197 e. The summed E-state index contributed by atoms with van der Waals surface area (Å²) in [4.78, 5) is 12.6. The van der Waals surface area contributed by atoms with Gasteiger partial charge in [-0.25, -0.2) is 4.39 Å². The molecule has 0 radical (unpaired) electrons. The lowest BCUT2D eigenvalue weighted by Gasteiger charge is -2.15. The van der Waals surface area contributed by atoms with Crippen LogP contribution in [-0.4, -0.2) is 12.9 Å². The van der Waals surface area contributed by atoms with Crippen LogP contribution in [0, 0.1) is 19.7 Å². The van der Waals surface area contributed by atoms with Gasteiger partial charge in [-0.1, -0.05) is 28.1 Å². The van der Waals surface area contributed by atoms with Crippen LogP contribution in [0.3, 0.4) is 0 Å². The minimum absolute atomic E-state index is 0.247. The van der Waals surface area contributed by atoms with Crippen molar-refractivity contribution in [3.05, 3.63) is 62.9 Å². The molecule has 0 aliphatic carbocycles. The van der Waals surface area contributed by atoms with E-state index in [0.717, 1.165) is 15.6 Å². The number of hydrogen-bond acceptors (Lipinski definition) is 2. The maximum atomic E-state index is 13.3. The SMILES string of the molecule is COc1c(C)cc(Br)c(C)c1C(=O)c1cccc(F)c1. The van der Waals surface area contributed by atoms with Gasteiger partial charge in [-0.15, -0.1) is 0 Å². The van der Waals surface area contributed by atoms with Gasteiger partial charge in [0.25, 0.3) is 0 Å². The van der Waals surface area contributed by atoms with Gasteiger partial charge in [0.2, 0.25) is 0 Å². The largest absolute Gasteiger partial charge is 0.496 e. The van der Waals surface area contributed by atoms with Gasteiger partial charge in [-0.05, 0) is 43.2 Å². The molecular formula is C16H14BrFO2. The highest BCUT2D eigenvalue weighted by atomic mass is 79.9. The zero-order valence-electron chi connectivity index (χ0n) is 11.5. The van der Waals surface area contributed by atoms with Gasteiger partial charge in [0.1, 0.15) is 11.6 Å². The van der Waals surface area contributed by atoms with E-state index >= 15 is 0 Å². The van der Waals surface area contributed by atoms with Gasteiger partial charge >= 0.3 is 0 Å². The van der Waals surface area contributed by atoms with E-state index in [9.17, 15) is 9.18 Å². The molecule has 0 amide bonds. The van der Waals surface area contributed by atoms with Crippen molar-refractivity contribution in [1.29, 1.82) is 0 Å². The van der Waals surface area contributed by atoms with E-state index in [0.29, 0.717) is 16.9 Å². The molecule has 0 saturated carbocycles. The predicted octanol–water partition coefficient (Wildman–Crippen LogP) is 4.44. The first kappa shape index (κ1) is 14.7. The highest BCUT2D eigenvalue weighted by Gasteiger charge is 2.21. The van der Waals surface area contributed by atoms with Crippen LogP contribution in [0.2, 0.25) is 0 Å². The van der Waals surface area contributed by atoms with E-state index in [1.807, 2.05) is 19.9 Å². The maximum absolute atomic E-state index is 13.3. The molecule has 0 aromatic heterocycles. The summed E-state index contributed by atoms with van der Waals surface area (Å²) in [6.07, 6.45) is 0. The molecule has 0 unspecified atom stereocenters. The van der Waals surface area contributed by atoms with E-state index < -0.39 is 5.82 Å². The zero-order valence-corrected chi connectivity index (χ0v) is 13.0. The van der Waals surface area contributed by atoms with Gasteiger partial charge in [-0.2, -0.15) is 0 Å². The Balaban J connectivity index is 2.65. The van der Waals surface area contributed by atoms with E-state index in [4.69, 9.17) is 4.74 Å². The lowest BCUT2D eigenvalue weighted by Crippen LogP contribution is -2.08. The molecule has 0 spiro atoms. The van der Waals surface area contributed by atoms with Crippen LogP contribution in [0.5, 0.6) is 5.75 Å². The van der Waals surface area contributed by atoms with Crippen molar-refractivity contribution >= 4 is 21.7 Å². The normalized spacial score (nSPS) is 10.4. The van der Waals surface area contributed by atoms with Crippen molar-refractivity contribution < 1.29 is 13.9 Å². The summed E-state index contributed by atoms with van der Waals surface area (Å²) in [6.45, 7) is 3.70. The molecule has 0 bridgehead atoms. The van der Waals surface area contributed by atoms with Gasteiger partial charge < -0.3 is 4.74 Å². The van der Waals surface area contributed by atoms with Crippen molar-refractivity contribution in [3.8, 4) is 5.75 Å². The summed E-state index contributed by atoms with van der Waals surface area (Å²) in [7, 11) is 1.53. The number of halogens is 2. The highest BCUT2D eigenvalue weighted by molar-refractivity contribution is 9.10. The van der Waals surface area contributed by atoms with Gasteiger partial charge in [0.15, 0.2) is 5.78 Å². The van der Waals surface area contributed by atoms with Crippen LogP contribution in [0.1, 0.15) is 27.0 Å². The van der Waals surface area contributed by atoms with Crippen LogP contribution in [0.15, 0.2) is 34.8 Å². The molecule has 2 nitrogen and oxygen atoms in total. The number of benzene rings is 2. The van der Waals surface area contributed by atoms with Crippen LogP contribution in [-0.2, 0) is 0 Å². The third-order valence-electron chi connectivity index (χ3n) is 3.18. The molecular weight excluding hydrogens is 323 g/mol. The number of methoxy groups -OCH3 is 1. The fourth-order valence-corrected chi connectivity index (χ4v) is 2.70. The Hall–Kier alpha value is -1.68. The van der Waals surface area contributed by atoms with Crippen molar-refractivity contribution in [3.63, 3.8) is 0 Å². The summed E-state index contributed by atoms with van der Waals surface area (Å²) >= 11 is 3.43. The van der Waals surface area contributed by atoms with Gasteiger partial charge in [0, 0.05) is 10.0 Å². The number of carbonyl (C=O) groups excluding carboxylic acids is 1. The quantitative estimate of drug-likeness (QED) is 0.774. The van der Waals surface area contributed by atoms with Crippen molar-refractivity contribution in [2.45, 2.75) is 13.8 Å². The van der Waals surface area contributed by atoms with E-state index in [1.54, 1.807) is 6.07 Å².